The van der Waals surface area contributed by atoms with Gasteiger partial charge < -0.3 is 40.3 Å². The molecule has 6 atom stereocenters. The molecule has 0 radical (unpaired) electrons. The Labute approximate surface area is 182 Å². The Morgan fingerprint density at radius 3 is 2.45 bits per heavy atom. The molecule has 1 aliphatic heterocycles. The van der Waals surface area contributed by atoms with Crippen LogP contribution in [0.1, 0.15) is 6.92 Å². The molecule has 22 heteroatoms. The molecule has 3 rings (SSSR count). The zero-order chi connectivity index (χ0) is 25.0. The van der Waals surface area contributed by atoms with Gasteiger partial charge in [0.2, 0.25) is 5.95 Å². The summed E-state index contributed by atoms with van der Waals surface area (Å²) in [6, 6.07) is 0. The summed E-state index contributed by atoms with van der Waals surface area (Å²) >= 11 is 0. The molecule has 186 valence electrons. The van der Waals surface area contributed by atoms with Gasteiger partial charge in [0.25, 0.3) is 5.56 Å². The Morgan fingerprint density at radius 2 is 1.85 bits per heavy atom. The highest BCUT2D eigenvalue weighted by Gasteiger charge is 2.54. The quantitative estimate of drug-likeness (QED) is 0.166. The Morgan fingerprint density at radius 1 is 1.21 bits per heavy atom. The van der Waals surface area contributed by atoms with Gasteiger partial charge in [-0.3, -0.25) is 18.9 Å². The molecule has 2 unspecified atom stereocenters. The molecule has 0 bridgehead atoms. The molecule has 9 N–H and O–H groups in total. The normalized spacial score (nSPS) is 29.7. The Kier molecular flexibility index (Phi) is 6.78. The van der Waals surface area contributed by atoms with Gasteiger partial charge in [0.15, 0.2) is 16.9 Å². The average Bonchev–Trinajstić information content (AvgIpc) is 3.13. The number of imidazole rings is 1. The molecule has 0 saturated carbocycles. The van der Waals surface area contributed by atoms with E-state index in [0.29, 0.717) is 0 Å². The van der Waals surface area contributed by atoms with Crippen molar-refractivity contribution in [3.05, 3.63) is 16.7 Å². The summed E-state index contributed by atoms with van der Waals surface area (Å²) in [6.07, 6.45) is -4.02. The average molecular weight is 537 g/mol. The van der Waals surface area contributed by atoms with Crippen LogP contribution in [-0.4, -0.2) is 74.2 Å². The standard InChI is InChI=1S/C11H18N5O14P3/c1-11(16-3-13-5-8(16)14-10(12)15-9(5)19)7(18)6(17)4(28-11)2-27-32(23,24)30-33(25,26)29-31(20,21)22/h3-4,6-7,17-18H,2H2,1H3,(H,23,24)(H,25,26)(H2,20,21,22)(H3,12,14,15,19)/t4-,6-,7-,11-/m1/s1. The van der Waals surface area contributed by atoms with E-state index in [2.05, 4.69) is 28.1 Å². The Bertz CT molecular complexity index is 1260. The number of aliphatic hydroxyl groups is 2. The molecule has 2 aromatic heterocycles. The van der Waals surface area contributed by atoms with Crippen molar-refractivity contribution in [2.75, 3.05) is 12.3 Å². The molecule has 1 saturated heterocycles. The monoisotopic (exact) mass is 537 g/mol. The minimum Gasteiger partial charge on any atom is -0.387 e. The lowest BCUT2D eigenvalue weighted by Crippen LogP contribution is -2.43. The van der Waals surface area contributed by atoms with E-state index in [-0.39, 0.29) is 17.1 Å². The lowest BCUT2D eigenvalue weighted by molar-refractivity contribution is -0.131. The maximum absolute atomic E-state index is 12.0. The fraction of sp³-hybridized carbons (Fsp3) is 0.545. The van der Waals surface area contributed by atoms with Gasteiger partial charge in [-0.05, 0) is 6.92 Å². The van der Waals surface area contributed by atoms with E-state index in [1.807, 2.05) is 0 Å². The number of nitrogens with zero attached hydrogens (tertiary/aromatic N) is 3. The van der Waals surface area contributed by atoms with Gasteiger partial charge in [0.1, 0.15) is 18.3 Å². The second-order valence-electron chi connectivity index (χ2n) is 6.77. The molecule has 1 aliphatic rings. The SMILES string of the molecule is C[C@@]1(n2cnc3c(=O)[nH]c(N)nc32)O[C@H](COP(=O)(O)OP(=O)(O)OP(=O)(O)O)[C@@H](O)[C@H]1O. The molecular weight excluding hydrogens is 519 g/mol. The van der Waals surface area contributed by atoms with Crippen LogP contribution in [0.25, 0.3) is 11.2 Å². The number of anilines is 1. The topological polar surface area (TPSA) is 299 Å². The van der Waals surface area contributed by atoms with Gasteiger partial charge in [-0.2, -0.15) is 13.6 Å². The number of hydrogen-bond donors (Lipinski definition) is 8. The number of ether oxygens (including phenoxy) is 1. The summed E-state index contributed by atoms with van der Waals surface area (Å²) < 4.78 is 52.1. The van der Waals surface area contributed by atoms with Crippen LogP contribution in [0, 0.1) is 0 Å². The van der Waals surface area contributed by atoms with Gasteiger partial charge in [-0.1, -0.05) is 0 Å². The van der Waals surface area contributed by atoms with Crippen molar-refractivity contribution in [2.24, 2.45) is 0 Å². The predicted molar refractivity (Wildman–Crippen MR) is 103 cm³/mol. The fourth-order valence-corrected chi connectivity index (χ4v) is 6.05. The van der Waals surface area contributed by atoms with E-state index in [0.717, 1.165) is 10.9 Å². The number of aromatic amines is 1. The third-order valence-electron chi connectivity index (χ3n) is 4.36. The van der Waals surface area contributed by atoms with Crippen molar-refractivity contribution >= 4 is 40.6 Å². The smallest absolute Gasteiger partial charge is 0.387 e. The largest absolute Gasteiger partial charge is 0.490 e. The lowest BCUT2D eigenvalue weighted by atomic mass is 10.0. The number of phosphoric ester groups is 1. The van der Waals surface area contributed by atoms with Gasteiger partial charge in [-0.25, -0.2) is 18.7 Å². The Hall–Kier alpha value is -1.56. The van der Waals surface area contributed by atoms with Crippen LogP contribution >= 0.6 is 23.5 Å². The van der Waals surface area contributed by atoms with Gasteiger partial charge >= 0.3 is 23.5 Å². The number of fused-ring (bicyclic) bond motifs is 1. The molecule has 19 nitrogen and oxygen atoms in total. The number of hydrogen-bond acceptors (Lipinski definition) is 13. The van der Waals surface area contributed by atoms with Crippen LogP contribution < -0.4 is 11.3 Å². The molecule has 0 aromatic carbocycles. The number of H-pyrrole nitrogens is 1. The van der Waals surface area contributed by atoms with E-state index in [1.54, 1.807) is 0 Å². The van der Waals surface area contributed by atoms with Crippen molar-refractivity contribution in [1.29, 1.82) is 0 Å². The first-order valence-electron chi connectivity index (χ1n) is 8.50. The first-order valence-corrected chi connectivity index (χ1v) is 13.0. The van der Waals surface area contributed by atoms with Gasteiger partial charge in [0.05, 0.1) is 12.9 Å². The third-order valence-corrected chi connectivity index (χ3v) is 8.17. The summed E-state index contributed by atoms with van der Waals surface area (Å²) in [5, 5.41) is 20.8. The number of rotatable bonds is 8. The van der Waals surface area contributed by atoms with Crippen molar-refractivity contribution in [3.8, 4) is 0 Å². The summed E-state index contributed by atoms with van der Waals surface area (Å²) in [4.78, 5) is 57.7. The number of aliphatic hydroxyl groups excluding tert-OH is 2. The minimum absolute atomic E-state index is 0.126. The van der Waals surface area contributed by atoms with E-state index in [9.17, 15) is 33.6 Å². The summed E-state index contributed by atoms with van der Waals surface area (Å²) in [5.74, 6) is -0.282. The van der Waals surface area contributed by atoms with Crippen LogP contribution in [-0.2, 0) is 37.3 Å². The number of phosphoric acid groups is 3. The second-order valence-corrected chi connectivity index (χ2v) is 11.2. The van der Waals surface area contributed by atoms with E-state index >= 15 is 0 Å². The lowest BCUT2D eigenvalue weighted by Gasteiger charge is -2.29. The van der Waals surface area contributed by atoms with Crippen LogP contribution in [0.3, 0.4) is 0 Å². The van der Waals surface area contributed by atoms with Crippen LogP contribution in [0.15, 0.2) is 11.1 Å². The third kappa shape index (κ3) is 5.58. The molecule has 3 heterocycles. The van der Waals surface area contributed by atoms with E-state index < -0.39 is 59.7 Å². The zero-order valence-electron chi connectivity index (χ0n) is 16.2. The predicted octanol–water partition coefficient (Wildman–Crippen LogP) is -2.16. The number of nitrogens with one attached hydrogen (secondary N) is 1. The summed E-state index contributed by atoms with van der Waals surface area (Å²) in [6.45, 7) is 0.228. The maximum atomic E-state index is 12.0. The van der Waals surface area contributed by atoms with Gasteiger partial charge in [0, 0.05) is 0 Å². The molecule has 33 heavy (non-hydrogen) atoms. The highest BCUT2D eigenvalue weighted by atomic mass is 31.3. The first kappa shape index (κ1) is 26.1. The van der Waals surface area contributed by atoms with Crippen molar-refractivity contribution in [1.82, 2.24) is 19.5 Å². The second kappa shape index (κ2) is 8.58. The highest BCUT2D eigenvalue weighted by molar-refractivity contribution is 7.66. The van der Waals surface area contributed by atoms with E-state index in [1.165, 1.54) is 6.92 Å². The number of nitrogen functional groups attached to an aromatic ring is 1. The molecule has 1 fully saturated rings. The Balaban J connectivity index is 1.79. The minimum atomic E-state index is -5.75. The van der Waals surface area contributed by atoms with Gasteiger partial charge in [-0.15, -0.1) is 0 Å². The number of nitrogens with two attached hydrogens (primary N) is 1. The van der Waals surface area contributed by atoms with Crippen LogP contribution in [0.4, 0.5) is 5.95 Å². The number of aromatic nitrogens is 4. The van der Waals surface area contributed by atoms with Crippen LogP contribution in [0.2, 0.25) is 0 Å². The fourth-order valence-electron chi connectivity index (χ4n) is 3.02. The molecule has 0 spiro atoms. The molecular formula is C11H18N5O14P3. The molecule has 0 aliphatic carbocycles. The van der Waals surface area contributed by atoms with E-state index in [4.69, 9.17) is 25.2 Å². The first-order chi connectivity index (χ1) is 14.9. The highest BCUT2D eigenvalue weighted by Crippen LogP contribution is 2.66. The van der Waals surface area contributed by atoms with Crippen molar-refractivity contribution in [2.45, 2.75) is 31.0 Å². The molecule has 2 aromatic rings. The zero-order valence-corrected chi connectivity index (χ0v) is 18.9. The van der Waals surface area contributed by atoms with Crippen molar-refractivity contribution in [3.63, 3.8) is 0 Å². The van der Waals surface area contributed by atoms with Crippen LogP contribution in [0.5, 0.6) is 0 Å². The maximum Gasteiger partial charge on any atom is 0.490 e. The summed E-state index contributed by atoms with van der Waals surface area (Å²) in [5.41, 5.74) is 2.66. The van der Waals surface area contributed by atoms with Crippen molar-refractivity contribution < 1.29 is 61.4 Å². The molecule has 0 amide bonds. The summed E-state index contributed by atoms with van der Waals surface area (Å²) in [7, 11) is -16.8.